The number of carbonyl (C=O) groups is 2. The minimum atomic E-state index is -0.504. The summed E-state index contributed by atoms with van der Waals surface area (Å²) in [4.78, 5) is 25.6. The number of nitrogens with one attached hydrogen (secondary N) is 2. The normalized spacial score (nSPS) is 12.1. The van der Waals surface area contributed by atoms with E-state index in [1.807, 2.05) is 60.5 Å². The number of carbonyl (C=O) groups excluding carboxylic acids is 2. The van der Waals surface area contributed by atoms with Crippen LogP contribution in [0, 0.1) is 0 Å². The molecule has 0 bridgehead atoms. The summed E-state index contributed by atoms with van der Waals surface area (Å²) in [5.74, 6) is 1.07. The zero-order valence-corrected chi connectivity index (χ0v) is 14.5. The highest BCUT2D eigenvalue weighted by molar-refractivity contribution is 5.95. The first kappa shape index (κ1) is 17.8. The molecule has 2 aromatic carbocycles. The lowest BCUT2D eigenvalue weighted by Gasteiger charge is -2.16. The number of benzene rings is 2. The first-order valence-corrected chi connectivity index (χ1v) is 8.29. The summed E-state index contributed by atoms with van der Waals surface area (Å²) in [7, 11) is 1.81. The minimum Gasteiger partial charge on any atom is -0.454 e. The van der Waals surface area contributed by atoms with Crippen LogP contribution in [0.15, 0.2) is 48.5 Å². The number of rotatable bonds is 6. The first-order valence-electron chi connectivity index (χ1n) is 8.29. The van der Waals surface area contributed by atoms with Crippen LogP contribution in [0.2, 0.25) is 0 Å². The lowest BCUT2D eigenvalue weighted by Crippen LogP contribution is -2.43. The van der Waals surface area contributed by atoms with Crippen LogP contribution in [-0.2, 0) is 17.9 Å². The quantitative estimate of drug-likeness (QED) is 0.827. The lowest BCUT2D eigenvalue weighted by atomic mass is 10.2. The van der Waals surface area contributed by atoms with Gasteiger partial charge in [-0.1, -0.05) is 36.4 Å². The molecule has 7 nitrogen and oxygen atoms in total. The van der Waals surface area contributed by atoms with Crippen molar-refractivity contribution in [1.82, 2.24) is 15.5 Å². The van der Waals surface area contributed by atoms with E-state index < -0.39 is 6.03 Å². The van der Waals surface area contributed by atoms with E-state index in [0.717, 1.165) is 16.9 Å². The summed E-state index contributed by atoms with van der Waals surface area (Å²) in [6.07, 6.45) is 0. The fraction of sp³-hybridized carbons (Fsp3) is 0.263. The molecule has 0 fully saturated rings. The van der Waals surface area contributed by atoms with Crippen molar-refractivity contribution < 1.29 is 19.1 Å². The Labute approximate surface area is 151 Å². The molecule has 3 rings (SSSR count). The van der Waals surface area contributed by atoms with Gasteiger partial charge in [0.15, 0.2) is 11.5 Å². The lowest BCUT2D eigenvalue weighted by molar-refractivity contribution is -0.120. The van der Waals surface area contributed by atoms with E-state index >= 15 is 0 Å². The number of nitrogens with zero attached hydrogens (tertiary/aromatic N) is 1. The van der Waals surface area contributed by atoms with Gasteiger partial charge in [0.25, 0.3) is 0 Å². The maximum absolute atomic E-state index is 12.0. The molecule has 136 valence electrons. The Hall–Kier alpha value is -3.06. The van der Waals surface area contributed by atoms with Crippen molar-refractivity contribution in [3.05, 3.63) is 59.7 Å². The van der Waals surface area contributed by atoms with Crippen molar-refractivity contribution in [3.8, 4) is 11.5 Å². The number of hydrogen-bond acceptors (Lipinski definition) is 5. The van der Waals surface area contributed by atoms with E-state index in [1.54, 1.807) is 0 Å². The summed E-state index contributed by atoms with van der Waals surface area (Å²) >= 11 is 0. The predicted octanol–water partition coefficient (Wildman–Crippen LogP) is 1.87. The van der Waals surface area contributed by atoms with Crippen molar-refractivity contribution in [2.75, 3.05) is 20.4 Å². The van der Waals surface area contributed by atoms with E-state index in [4.69, 9.17) is 9.47 Å². The number of ether oxygens (including phenoxy) is 2. The highest BCUT2D eigenvalue weighted by atomic mass is 16.7. The molecule has 26 heavy (non-hydrogen) atoms. The molecule has 0 saturated heterocycles. The molecule has 0 spiro atoms. The molecule has 0 aromatic heterocycles. The van der Waals surface area contributed by atoms with E-state index in [-0.39, 0.29) is 19.2 Å². The second kappa shape index (κ2) is 8.35. The fourth-order valence-electron chi connectivity index (χ4n) is 2.64. The van der Waals surface area contributed by atoms with Gasteiger partial charge in [-0.25, -0.2) is 4.79 Å². The van der Waals surface area contributed by atoms with E-state index in [2.05, 4.69) is 10.6 Å². The van der Waals surface area contributed by atoms with Gasteiger partial charge in [0, 0.05) is 13.1 Å². The highest BCUT2D eigenvalue weighted by Crippen LogP contribution is 2.32. The van der Waals surface area contributed by atoms with Gasteiger partial charge < -0.3 is 14.8 Å². The average molecular weight is 355 g/mol. The number of fused-ring (bicyclic) bond motifs is 1. The van der Waals surface area contributed by atoms with Crippen molar-refractivity contribution in [2.24, 2.45) is 0 Å². The molecule has 7 heteroatoms. The molecule has 3 amide bonds. The van der Waals surface area contributed by atoms with Crippen LogP contribution in [0.25, 0.3) is 0 Å². The molecule has 0 aliphatic carbocycles. The number of likely N-dealkylation sites (N-methyl/N-ethyl adjacent to an activating group) is 1. The Morgan fingerprint density at radius 2 is 1.81 bits per heavy atom. The van der Waals surface area contributed by atoms with Crippen LogP contribution in [-0.4, -0.2) is 37.2 Å². The van der Waals surface area contributed by atoms with Gasteiger partial charge in [-0.2, -0.15) is 0 Å². The van der Waals surface area contributed by atoms with Crippen molar-refractivity contribution in [1.29, 1.82) is 0 Å². The molecule has 0 atom stereocenters. The maximum Gasteiger partial charge on any atom is 0.321 e. The van der Waals surface area contributed by atoms with Crippen molar-refractivity contribution in [2.45, 2.75) is 13.1 Å². The van der Waals surface area contributed by atoms with Crippen LogP contribution in [0.1, 0.15) is 11.1 Å². The van der Waals surface area contributed by atoms with Gasteiger partial charge in [-0.3, -0.25) is 15.0 Å². The third-order valence-corrected chi connectivity index (χ3v) is 3.85. The standard InChI is InChI=1S/C19H21N3O4/c1-22(11-15-7-8-16-17(9-15)26-13-25-16)12-18(23)21-19(24)20-10-14-5-3-2-4-6-14/h2-9H,10-13H2,1H3,(H2,20,21,23,24). The molecule has 1 aliphatic rings. The van der Waals surface area contributed by atoms with Crippen LogP contribution in [0.4, 0.5) is 4.79 Å². The predicted molar refractivity (Wildman–Crippen MR) is 95.7 cm³/mol. The van der Waals surface area contributed by atoms with Crippen molar-refractivity contribution in [3.63, 3.8) is 0 Å². The summed E-state index contributed by atoms with van der Waals surface area (Å²) in [6.45, 7) is 1.25. The van der Waals surface area contributed by atoms with Gasteiger partial charge in [0.1, 0.15) is 0 Å². The monoisotopic (exact) mass is 355 g/mol. The summed E-state index contributed by atoms with van der Waals surface area (Å²) in [5.41, 5.74) is 1.97. The summed E-state index contributed by atoms with van der Waals surface area (Å²) in [6, 6.07) is 14.7. The third-order valence-electron chi connectivity index (χ3n) is 3.85. The van der Waals surface area contributed by atoms with Crippen LogP contribution in [0.5, 0.6) is 11.5 Å². The average Bonchev–Trinajstić information content (AvgIpc) is 3.08. The zero-order chi connectivity index (χ0) is 18.4. The van der Waals surface area contributed by atoms with Crippen LogP contribution < -0.4 is 20.1 Å². The van der Waals surface area contributed by atoms with Gasteiger partial charge in [0.2, 0.25) is 12.7 Å². The first-order chi connectivity index (χ1) is 12.6. The Kier molecular flexibility index (Phi) is 5.70. The minimum absolute atomic E-state index is 0.104. The Bertz CT molecular complexity index is 780. The smallest absolute Gasteiger partial charge is 0.321 e. The molecule has 0 unspecified atom stereocenters. The van der Waals surface area contributed by atoms with Crippen LogP contribution in [0.3, 0.4) is 0 Å². The maximum atomic E-state index is 12.0. The molecule has 0 radical (unpaired) electrons. The largest absolute Gasteiger partial charge is 0.454 e. The number of imide groups is 1. The number of urea groups is 1. The second-order valence-corrected chi connectivity index (χ2v) is 6.08. The van der Waals surface area contributed by atoms with Gasteiger partial charge in [0.05, 0.1) is 6.54 Å². The summed E-state index contributed by atoms with van der Waals surface area (Å²) in [5, 5.41) is 4.99. The van der Waals surface area contributed by atoms with E-state index in [1.165, 1.54) is 0 Å². The Balaban J connectivity index is 1.41. The summed E-state index contributed by atoms with van der Waals surface area (Å²) < 4.78 is 10.6. The zero-order valence-electron chi connectivity index (χ0n) is 14.5. The number of hydrogen-bond donors (Lipinski definition) is 2. The fourth-order valence-corrected chi connectivity index (χ4v) is 2.64. The molecule has 1 aliphatic heterocycles. The molecule has 1 heterocycles. The molecular weight excluding hydrogens is 334 g/mol. The third kappa shape index (κ3) is 4.97. The van der Waals surface area contributed by atoms with Gasteiger partial charge >= 0.3 is 6.03 Å². The molecule has 0 saturated carbocycles. The SMILES string of the molecule is CN(CC(=O)NC(=O)NCc1ccccc1)Cc1ccc2c(c1)OCO2. The van der Waals surface area contributed by atoms with E-state index in [9.17, 15) is 9.59 Å². The molecule has 2 aromatic rings. The Morgan fingerprint density at radius 3 is 2.62 bits per heavy atom. The van der Waals surface area contributed by atoms with Crippen LogP contribution >= 0.6 is 0 Å². The van der Waals surface area contributed by atoms with Crippen molar-refractivity contribution >= 4 is 11.9 Å². The highest BCUT2D eigenvalue weighted by Gasteiger charge is 2.15. The molecular formula is C19H21N3O4. The molecule has 2 N–H and O–H groups in total. The second-order valence-electron chi connectivity index (χ2n) is 6.08. The topological polar surface area (TPSA) is 79.9 Å². The van der Waals surface area contributed by atoms with E-state index in [0.29, 0.717) is 18.8 Å². The Morgan fingerprint density at radius 1 is 1.04 bits per heavy atom. The van der Waals surface area contributed by atoms with Gasteiger partial charge in [-0.15, -0.1) is 0 Å². The van der Waals surface area contributed by atoms with Gasteiger partial charge in [-0.05, 0) is 30.3 Å². The number of amides is 3.